The van der Waals surface area contributed by atoms with Crippen LogP contribution in [0.1, 0.15) is 59.9 Å². The zero-order chi connectivity index (χ0) is 56.9. The maximum absolute atomic E-state index is 5.76. The second-order valence-corrected chi connectivity index (χ2v) is 24.7. The molecule has 1 N–H and O–H groups in total. The highest BCUT2D eigenvalue weighted by atomic mass is 79.9. The Bertz CT molecular complexity index is 2260. The summed E-state index contributed by atoms with van der Waals surface area (Å²) in [5.74, 6) is 4.21. The summed E-state index contributed by atoms with van der Waals surface area (Å²) in [4.78, 5) is 19.7. The van der Waals surface area contributed by atoms with Crippen molar-refractivity contribution in [2.45, 2.75) is 66.2 Å². The van der Waals surface area contributed by atoms with Gasteiger partial charge in [0.2, 0.25) is 0 Å². The fourth-order valence-corrected chi connectivity index (χ4v) is 12.1. The molecule has 3 fully saturated rings. The predicted octanol–water partition coefficient (Wildman–Crippen LogP) is 10.6. The van der Waals surface area contributed by atoms with Crippen LogP contribution in [0.4, 0.5) is 17.1 Å². The lowest BCUT2D eigenvalue weighted by molar-refractivity contribution is 0.153. The van der Waals surface area contributed by atoms with Crippen LogP contribution < -0.4 is 39.0 Å². The third-order valence-corrected chi connectivity index (χ3v) is 17.1. The van der Waals surface area contributed by atoms with E-state index in [1.807, 2.05) is 0 Å². The van der Waals surface area contributed by atoms with E-state index in [0.717, 1.165) is 124 Å². The zero-order valence-electron chi connectivity index (χ0n) is 50.1. The van der Waals surface area contributed by atoms with Crippen molar-refractivity contribution in [2.24, 2.45) is 0 Å². The summed E-state index contributed by atoms with van der Waals surface area (Å²) < 4.78 is 22.6. The summed E-state index contributed by atoms with van der Waals surface area (Å²) in [6.07, 6.45) is 7.20. The Balaban J connectivity index is 0.000000164. The van der Waals surface area contributed by atoms with Crippen LogP contribution in [0.5, 0.6) is 23.0 Å². The fourth-order valence-electron chi connectivity index (χ4n) is 10.5. The number of piperazine rings is 3. The summed E-state index contributed by atoms with van der Waals surface area (Å²) in [6.45, 7) is 35.1. The van der Waals surface area contributed by atoms with Gasteiger partial charge in [0.1, 0.15) is 42.8 Å². The highest BCUT2D eigenvalue weighted by molar-refractivity contribution is 9.09. The maximum Gasteiger partial charge on any atom is 0.142 e. The number of nitrogens with zero attached hydrogens (tertiary/aromatic N) is 8. The number of hydrogen-bond donors (Lipinski definition) is 1. The first-order valence-corrected chi connectivity index (χ1v) is 33.4. The van der Waals surface area contributed by atoms with Gasteiger partial charge in [0.05, 0.1) is 43.3 Å². The molecule has 0 unspecified atom stereocenters. The third-order valence-electron chi connectivity index (χ3n) is 15.5. The SMILES string of the molecule is BrCCCBr.CN1CCNCC1.Cc1ccc2c(c1)CCCO2.Cc1ccc2c(c1)N(CCCBr)CCO2.Cc1ccc2c(c1)N(CCCN1CCN(C)CC1)CCO2.Cc1ccc2c(c1)N(CCCN1CCN(C)CC1)CCO2. The first-order valence-electron chi connectivity index (χ1n) is 30.0. The number of nitrogens with one attached hydrogen (secondary N) is 1. The molecule has 0 aliphatic carbocycles. The molecule has 3 saturated heterocycles. The van der Waals surface area contributed by atoms with Gasteiger partial charge in [-0.1, -0.05) is 83.7 Å². The van der Waals surface area contributed by atoms with Crippen molar-refractivity contribution in [1.82, 2.24) is 29.8 Å². The smallest absolute Gasteiger partial charge is 0.142 e. The minimum atomic E-state index is 0.804. The average Bonchev–Trinajstić information content (AvgIpc) is 3.48. The molecule has 7 aliphatic heterocycles. The number of halogens is 3. The molecule has 7 heterocycles. The van der Waals surface area contributed by atoms with Crippen LogP contribution in [0.15, 0.2) is 72.8 Å². The number of aryl methyl sites for hydroxylation is 5. The van der Waals surface area contributed by atoms with Crippen molar-refractivity contribution in [3.05, 3.63) is 101 Å². The van der Waals surface area contributed by atoms with E-state index >= 15 is 0 Å². The molecule has 0 spiro atoms. The minimum absolute atomic E-state index is 0.804. The van der Waals surface area contributed by atoms with Gasteiger partial charge in [-0.05, 0) is 165 Å². The van der Waals surface area contributed by atoms with Crippen LogP contribution in [-0.4, -0.2) is 219 Å². The van der Waals surface area contributed by atoms with Crippen LogP contribution in [0.3, 0.4) is 0 Å². The van der Waals surface area contributed by atoms with E-state index in [-0.39, 0.29) is 0 Å². The second-order valence-electron chi connectivity index (χ2n) is 22.3. The Morgan fingerprint density at radius 2 is 0.750 bits per heavy atom. The van der Waals surface area contributed by atoms with Gasteiger partial charge in [0.15, 0.2) is 0 Å². The number of anilines is 3. The molecular weight excluding hydrogens is 1200 g/mol. The van der Waals surface area contributed by atoms with Gasteiger partial charge >= 0.3 is 0 Å². The standard InChI is InChI=1S/2C17H27N3O.C12H16BrNO.C10H12O.C5H12N2.C3H6Br2/c2*1-15-4-5-17-16(14-15)20(12-13-21-17)7-3-6-19-10-8-18(2)9-11-19;1-10-3-4-12-11(9-10)14(6-2-5-13)7-8-15-12;1-8-4-5-10-9(7-8)3-2-6-11-10;1-7-4-2-6-3-5-7;4-2-1-3-5/h2*4-5,14H,3,6-13H2,1-2H3;3-4,9H,2,5-8H2,1H3;4-5,7H,2-3,6H2,1H3;6H,2-5H2,1H3;1-3H2. The molecule has 0 atom stereocenters. The van der Waals surface area contributed by atoms with Gasteiger partial charge in [0.25, 0.3) is 0 Å². The van der Waals surface area contributed by atoms with Crippen molar-refractivity contribution < 1.29 is 18.9 Å². The van der Waals surface area contributed by atoms with E-state index in [0.29, 0.717) is 0 Å². The number of alkyl halides is 3. The van der Waals surface area contributed by atoms with Crippen LogP contribution in [0.25, 0.3) is 0 Å². The van der Waals surface area contributed by atoms with Crippen molar-refractivity contribution in [3.63, 3.8) is 0 Å². The van der Waals surface area contributed by atoms with E-state index in [1.54, 1.807) is 0 Å². The Hall–Kier alpha value is -3.32. The van der Waals surface area contributed by atoms with E-state index < -0.39 is 0 Å². The van der Waals surface area contributed by atoms with Crippen LogP contribution in [0, 0.1) is 27.7 Å². The Kier molecular flexibility index (Phi) is 30.5. The van der Waals surface area contributed by atoms with Crippen molar-refractivity contribution >= 4 is 64.9 Å². The number of hydrogen-bond acceptors (Lipinski definition) is 13. The largest absolute Gasteiger partial charge is 0.493 e. The lowest BCUT2D eigenvalue weighted by Crippen LogP contribution is -2.45. The number of likely N-dealkylation sites (N-methyl/N-ethyl adjacent to an activating group) is 3. The van der Waals surface area contributed by atoms with E-state index in [4.69, 9.17) is 18.9 Å². The number of benzene rings is 4. The molecule has 0 bridgehead atoms. The topological polar surface area (TPSA) is 74.9 Å². The molecule has 0 radical (unpaired) electrons. The molecule has 446 valence electrons. The summed E-state index contributed by atoms with van der Waals surface area (Å²) in [5, 5.41) is 6.55. The Labute approximate surface area is 509 Å². The highest BCUT2D eigenvalue weighted by Crippen LogP contribution is 2.35. The summed E-state index contributed by atoms with van der Waals surface area (Å²) in [5.41, 5.74) is 10.4. The van der Waals surface area contributed by atoms with Gasteiger partial charge in [-0.15, -0.1) is 0 Å². The molecule has 11 rings (SSSR count). The number of fused-ring (bicyclic) bond motifs is 4. The Morgan fingerprint density at radius 3 is 1.12 bits per heavy atom. The summed E-state index contributed by atoms with van der Waals surface area (Å²) in [7, 11) is 6.58. The molecule has 4 aromatic carbocycles. The molecule has 16 heteroatoms. The summed E-state index contributed by atoms with van der Waals surface area (Å²) in [6, 6.07) is 25.8. The zero-order valence-corrected chi connectivity index (χ0v) is 54.9. The number of ether oxygens (including phenoxy) is 4. The lowest BCUT2D eigenvalue weighted by atomic mass is 10.0. The molecule has 80 heavy (non-hydrogen) atoms. The molecular formula is C64H100Br3N9O4. The van der Waals surface area contributed by atoms with Crippen molar-refractivity contribution in [2.75, 3.05) is 209 Å². The molecule has 4 aromatic rings. The first kappa shape index (κ1) is 65.8. The van der Waals surface area contributed by atoms with Gasteiger partial charge in [0, 0.05) is 114 Å². The quantitative estimate of drug-likeness (QED) is 0.129. The van der Waals surface area contributed by atoms with Crippen molar-refractivity contribution in [3.8, 4) is 23.0 Å². The van der Waals surface area contributed by atoms with Crippen LogP contribution >= 0.6 is 47.8 Å². The predicted molar refractivity (Wildman–Crippen MR) is 350 cm³/mol. The minimum Gasteiger partial charge on any atom is -0.493 e. The maximum atomic E-state index is 5.76. The van der Waals surface area contributed by atoms with Gasteiger partial charge in [-0.2, -0.15) is 0 Å². The van der Waals surface area contributed by atoms with Gasteiger partial charge < -0.3 is 63.5 Å². The molecule has 7 aliphatic rings. The molecule has 13 nitrogen and oxygen atoms in total. The van der Waals surface area contributed by atoms with E-state index in [2.05, 4.69) is 214 Å². The fraction of sp³-hybridized carbons (Fsp3) is 0.625. The first-order chi connectivity index (χ1) is 38.9. The third kappa shape index (κ3) is 23.4. The van der Waals surface area contributed by atoms with Crippen LogP contribution in [-0.2, 0) is 6.42 Å². The highest BCUT2D eigenvalue weighted by Gasteiger charge is 2.22. The average molecular weight is 1300 g/mol. The number of rotatable bonds is 13. The lowest BCUT2D eigenvalue weighted by Gasteiger charge is -2.34. The van der Waals surface area contributed by atoms with Crippen molar-refractivity contribution in [1.29, 1.82) is 0 Å². The van der Waals surface area contributed by atoms with Gasteiger partial charge in [-0.25, -0.2) is 0 Å². The molecule has 0 saturated carbocycles. The van der Waals surface area contributed by atoms with Gasteiger partial charge in [-0.3, -0.25) is 0 Å². The van der Waals surface area contributed by atoms with Crippen LogP contribution in [0.2, 0.25) is 0 Å². The Morgan fingerprint density at radius 1 is 0.388 bits per heavy atom. The second kappa shape index (κ2) is 37.1. The normalized spacial score (nSPS) is 18.2. The molecule has 0 amide bonds. The van der Waals surface area contributed by atoms with E-state index in [1.165, 1.54) is 156 Å². The monoisotopic (exact) mass is 1300 g/mol. The molecule has 0 aromatic heterocycles. The summed E-state index contributed by atoms with van der Waals surface area (Å²) >= 11 is 10.0. The van der Waals surface area contributed by atoms with E-state index in [9.17, 15) is 0 Å².